The summed E-state index contributed by atoms with van der Waals surface area (Å²) in [5.41, 5.74) is 3.17. The number of carbonyl (C=O) groups excluding carboxylic acids is 1. The fourth-order valence-electron chi connectivity index (χ4n) is 4.01. The van der Waals surface area contributed by atoms with E-state index in [0.29, 0.717) is 42.5 Å². The molecule has 4 rings (SSSR count). The summed E-state index contributed by atoms with van der Waals surface area (Å²) in [6.45, 7) is 6.87. The molecule has 1 aliphatic rings. The maximum absolute atomic E-state index is 12.8. The number of likely N-dealkylation sites (tertiary alicyclic amines) is 1. The quantitative estimate of drug-likeness (QED) is 0.629. The third-order valence-corrected chi connectivity index (χ3v) is 6.01. The Morgan fingerprint density at radius 1 is 1.23 bits per heavy atom. The van der Waals surface area contributed by atoms with E-state index >= 15 is 0 Å². The largest absolute Gasteiger partial charge is 0.341 e. The van der Waals surface area contributed by atoms with E-state index in [4.69, 9.17) is 4.52 Å². The standard InChI is InChI=1S/C23H27N5O3/c1-15-7-4-5-9-19(15)22-25-20(31-26-22)11-18-8-6-10-27(12-18)21(29)13-28-14-24-17(3)16(2)23(28)30/h4-5,7,9,14,18H,6,8,10-13H2,1-3H3/t18-/m0/s1. The molecule has 0 N–H and O–H groups in total. The van der Waals surface area contributed by atoms with Crippen LogP contribution in [0.4, 0.5) is 0 Å². The second-order valence-electron chi connectivity index (χ2n) is 8.27. The number of aromatic nitrogens is 4. The van der Waals surface area contributed by atoms with Crippen molar-refractivity contribution in [2.24, 2.45) is 5.92 Å². The first-order valence-electron chi connectivity index (χ1n) is 10.6. The normalized spacial score (nSPS) is 16.5. The lowest BCUT2D eigenvalue weighted by molar-refractivity contribution is -0.133. The average Bonchev–Trinajstić information content (AvgIpc) is 3.22. The van der Waals surface area contributed by atoms with Crippen LogP contribution in [-0.4, -0.2) is 43.6 Å². The van der Waals surface area contributed by atoms with Gasteiger partial charge in [-0.25, -0.2) is 4.98 Å². The van der Waals surface area contributed by atoms with E-state index in [9.17, 15) is 9.59 Å². The third kappa shape index (κ3) is 4.57. The third-order valence-electron chi connectivity index (χ3n) is 6.01. The highest BCUT2D eigenvalue weighted by molar-refractivity contribution is 5.76. The van der Waals surface area contributed by atoms with Gasteiger partial charge in [-0.2, -0.15) is 4.98 Å². The van der Waals surface area contributed by atoms with Gasteiger partial charge in [0.2, 0.25) is 17.6 Å². The van der Waals surface area contributed by atoms with Crippen LogP contribution < -0.4 is 5.56 Å². The minimum atomic E-state index is -0.163. The molecule has 1 saturated heterocycles. The molecular formula is C23H27N5O3. The monoisotopic (exact) mass is 421 g/mol. The molecule has 1 aromatic carbocycles. The highest BCUT2D eigenvalue weighted by atomic mass is 16.5. The summed E-state index contributed by atoms with van der Waals surface area (Å²) in [6.07, 6.45) is 4.00. The van der Waals surface area contributed by atoms with Crippen LogP contribution in [0.15, 0.2) is 39.9 Å². The van der Waals surface area contributed by atoms with Crippen molar-refractivity contribution in [3.8, 4) is 11.4 Å². The fourth-order valence-corrected chi connectivity index (χ4v) is 4.01. The molecule has 8 heteroatoms. The van der Waals surface area contributed by atoms with Crippen LogP contribution in [-0.2, 0) is 17.8 Å². The Hall–Kier alpha value is -3.29. The fraction of sp³-hybridized carbons (Fsp3) is 0.435. The number of aryl methyl sites for hydroxylation is 2. The zero-order valence-corrected chi connectivity index (χ0v) is 18.2. The molecule has 162 valence electrons. The van der Waals surface area contributed by atoms with E-state index in [1.165, 1.54) is 10.9 Å². The first kappa shape index (κ1) is 21.0. The number of benzene rings is 1. The Morgan fingerprint density at radius 3 is 2.84 bits per heavy atom. The van der Waals surface area contributed by atoms with E-state index in [1.807, 2.05) is 36.1 Å². The number of carbonyl (C=O) groups is 1. The molecule has 3 heterocycles. The molecule has 2 aromatic heterocycles. The van der Waals surface area contributed by atoms with Crippen molar-refractivity contribution in [3.63, 3.8) is 0 Å². The Labute approximate surface area is 180 Å². The second kappa shape index (κ2) is 8.83. The molecule has 0 aliphatic carbocycles. The lowest BCUT2D eigenvalue weighted by Gasteiger charge is -2.32. The van der Waals surface area contributed by atoms with Crippen LogP contribution in [0.1, 0.15) is 35.6 Å². The molecule has 8 nitrogen and oxygen atoms in total. The summed E-state index contributed by atoms with van der Waals surface area (Å²) in [5, 5.41) is 4.14. The van der Waals surface area contributed by atoms with Gasteiger partial charge in [-0.1, -0.05) is 29.4 Å². The molecule has 1 amide bonds. The van der Waals surface area contributed by atoms with Crippen molar-refractivity contribution in [3.05, 3.63) is 63.7 Å². The van der Waals surface area contributed by atoms with E-state index in [0.717, 1.165) is 24.0 Å². The van der Waals surface area contributed by atoms with Gasteiger partial charge in [-0.15, -0.1) is 0 Å². The van der Waals surface area contributed by atoms with Crippen molar-refractivity contribution >= 4 is 5.91 Å². The Kier molecular flexibility index (Phi) is 5.97. The number of rotatable bonds is 5. The van der Waals surface area contributed by atoms with Crippen LogP contribution in [0.25, 0.3) is 11.4 Å². The molecule has 0 saturated carbocycles. The minimum absolute atomic E-state index is 0.0116. The van der Waals surface area contributed by atoms with Crippen molar-refractivity contribution < 1.29 is 9.32 Å². The van der Waals surface area contributed by atoms with Crippen LogP contribution in [0.5, 0.6) is 0 Å². The zero-order valence-electron chi connectivity index (χ0n) is 18.2. The Morgan fingerprint density at radius 2 is 2.03 bits per heavy atom. The van der Waals surface area contributed by atoms with Gasteiger partial charge >= 0.3 is 0 Å². The van der Waals surface area contributed by atoms with Crippen LogP contribution >= 0.6 is 0 Å². The van der Waals surface area contributed by atoms with E-state index in [1.54, 1.807) is 13.8 Å². The van der Waals surface area contributed by atoms with Gasteiger partial charge in [0.1, 0.15) is 6.54 Å². The number of nitrogens with zero attached hydrogens (tertiary/aromatic N) is 5. The Balaban J connectivity index is 1.40. The predicted molar refractivity (Wildman–Crippen MR) is 115 cm³/mol. The van der Waals surface area contributed by atoms with Gasteiger partial charge < -0.3 is 9.42 Å². The summed E-state index contributed by atoms with van der Waals surface area (Å²) in [4.78, 5) is 35.8. The first-order chi connectivity index (χ1) is 14.9. The van der Waals surface area contributed by atoms with Crippen LogP contribution in [0, 0.1) is 26.7 Å². The molecule has 1 aliphatic heterocycles. The highest BCUT2D eigenvalue weighted by Crippen LogP contribution is 2.24. The van der Waals surface area contributed by atoms with Gasteiger partial charge in [0.05, 0.1) is 6.33 Å². The summed E-state index contributed by atoms with van der Waals surface area (Å²) < 4.78 is 6.88. The zero-order chi connectivity index (χ0) is 22.0. The molecule has 3 aromatic rings. The van der Waals surface area contributed by atoms with E-state index < -0.39 is 0 Å². The molecular weight excluding hydrogens is 394 g/mol. The van der Waals surface area contributed by atoms with Crippen molar-refractivity contribution in [2.75, 3.05) is 13.1 Å². The van der Waals surface area contributed by atoms with Crippen molar-refractivity contribution in [2.45, 2.75) is 46.6 Å². The molecule has 31 heavy (non-hydrogen) atoms. The molecule has 0 unspecified atom stereocenters. The number of amides is 1. The summed E-state index contributed by atoms with van der Waals surface area (Å²) >= 11 is 0. The number of piperidine rings is 1. The molecule has 0 spiro atoms. The smallest absolute Gasteiger partial charge is 0.256 e. The van der Waals surface area contributed by atoms with Gasteiger partial charge in [0.15, 0.2) is 0 Å². The lowest BCUT2D eigenvalue weighted by atomic mass is 9.94. The minimum Gasteiger partial charge on any atom is -0.341 e. The topological polar surface area (TPSA) is 94.1 Å². The summed E-state index contributed by atoms with van der Waals surface area (Å²) in [7, 11) is 0. The van der Waals surface area contributed by atoms with Gasteiger partial charge in [0.25, 0.3) is 5.56 Å². The SMILES string of the molecule is Cc1ccccc1-c1noc(C[C@@H]2CCCN(C(=O)Cn3cnc(C)c(C)c3=O)C2)n1. The van der Waals surface area contributed by atoms with E-state index in [2.05, 4.69) is 15.1 Å². The van der Waals surface area contributed by atoms with Gasteiger partial charge in [0, 0.05) is 36.3 Å². The van der Waals surface area contributed by atoms with Crippen LogP contribution in [0.3, 0.4) is 0 Å². The maximum atomic E-state index is 12.8. The Bertz CT molecular complexity index is 1150. The number of hydrogen-bond donors (Lipinski definition) is 0. The maximum Gasteiger partial charge on any atom is 0.256 e. The first-order valence-corrected chi connectivity index (χ1v) is 10.6. The molecule has 0 radical (unpaired) electrons. The molecule has 1 atom stereocenters. The summed E-state index contributed by atoms with van der Waals surface area (Å²) in [6, 6.07) is 7.94. The van der Waals surface area contributed by atoms with Gasteiger partial charge in [-0.3, -0.25) is 14.2 Å². The lowest BCUT2D eigenvalue weighted by Crippen LogP contribution is -2.43. The number of hydrogen-bond acceptors (Lipinski definition) is 6. The van der Waals surface area contributed by atoms with Crippen molar-refractivity contribution in [1.82, 2.24) is 24.6 Å². The molecule has 0 bridgehead atoms. The van der Waals surface area contributed by atoms with E-state index in [-0.39, 0.29) is 23.9 Å². The molecule has 1 fully saturated rings. The van der Waals surface area contributed by atoms with Crippen molar-refractivity contribution in [1.29, 1.82) is 0 Å². The van der Waals surface area contributed by atoms with Gasteiger partial charge in [-0.05, 0) is 45.1 Å². The average molecular weight is 422 g/mol. The second-order valence-corrected chi connectivity index (χ2v) is 8.27. The van der Waals surface area contributed by atoms with Crippen LogP contribution in [0.2, 0.25) is 0 Å². The predicted octanol–water partition coefficient (Wildman–Crippen LogP) is 2.70. The highest BCUT2D eigenvalue weighted by Gasteiger charge is 2.26. The summed E-state index contributed by atoms with van der Waals surface area (Å²) in [5.74, 6) is 1.37.